The van der Waals surface area contributed by atoms with Gasteiger partial charge in [0.05, 0.1) is 6.61 Å². The Morgan fingerprint density at radius 1 is 1.41 bits per heavy atom. The maximum atomic E-state index is 8.67. The SMILES string of the molecule is CC1(C)COc2ccc(C#CCCCO)cc21. The molecule has 1 aliphatic heterocycles. The smallest absolute Gasteiger partial charge is 0.123 e. The average molecular weight is 230 g/mol. The summed E-state index contributed by atoms with van der Waals surface area (Å²) in [5.41, 5.74) is 2.35. The number of aliphatic hydroxyl groups is 1. The van der Waals surface area contributed by atoms with Gasteiger partial charge in [-0.2, -0.15) is 0 Å². The fraction of sp³-hybridized carbons (Fsp3) is 0.467. The van der Waals surface area contributed by atoms with Gasteiger partial charge >= 0.3 is 0 Å². The van der Waals surface area contributed by atoms with E-state index in [2.05, 4.69) is 31.8 Å². The Morgan fingerprint density at radius 3 is 3.00 bits per heavy atom. The van der Waals surface area contributed by atoms with Gasteiger partial charge in [0.1, 0.15) is 5.75 Å². The molecular weight excluding hydrogens is 212 g/mol. The molecule has 0 radical (unpaired) electrons. The average Bonchev–Trinajstić information content (AvgIpc) is 2.61. The van der Waals surface area contributed by atoms with Gasteiger partial charge in [-0.05, 0) is 24.6 Å². The highest BCUT2D eigenvalue weighted by atomic mass is 16.5. The van der Waals surface area contributed by atoms with E-state index in [1.54, 1.807) is 0 Å². The largest absolute Gasteiger partial charge is 0.492 e. The molecule has 0 bridgehead atoms. The van der Waals surface area contributed by atoms with E-state index in [1.807, 2.05) is 12.1 Å². The van der Waals surface area contributed by atoms with Crippen LogP contribution in [-0.2, 0) is 5.41 Å². The minimum Gasteiger partial charge on any atom is -0.492 e. The zero-order valence-electron chi connectivity index (χ0n) is 10.4. The number of hydrogen-bond donors (Lipinski definition) is 1. The van der Waals surface area contributed by atoms with E-state index in [0.29, 0.717) is 0 Å². The lowest BCUT2D eigenvalue weighted by molar-refractivity contribution is 0.290. The second-order valence-corrected chi connectivity index (χ2v) is 5.01. The van der Waals surface area contributed by atoms with E-state index < -0.39 is 0 Å². The van der Waals surface area contributed by atoms with Crippen LogP contribution < -0.4 is 4.74 Å². The molecule has 0 aliphatic carbocycles. The lowest BCUT2D eigenvalue weighted by atomic mass is 9.86. The van der Waals surface area contributed by atoms with Gasteiger partial charge in [0.15, 0.2) is 0 Å². The fourth-order valence-corrected chi connectivity index (χ4v) is 1.93. The number of aliphatic hydroxyl groups excluding tert-OH is 1. The molecule has 0 amide bonds. The number of hydrogen-bond acceptors (Lipinski definition) is 2. The summed E-state index contributed by atoms with van der Waals surface area (Å²) in [5.74, 6) is 7.18. The van der Waals surface area contributed by atoms with Gasteiger partial charge < -0.3 is 9.84 Å². The van der Waals surface area contributed by atoms with Crippen LogP contribution in [0.4, 0.5) is 0 Å². The van der Waals surface area contributed by atoms with Crippen LogP contribution in [0.3, 0.4) is 0 Å². The first-order valence-corrected chi connectivity index (χ1v) is 6.00. The number of fused-ring (bicyclic) bond motifs is 1. The molecule has 2 rings (SSSR count). The first-order chi connectivity index (χ1) is 8.13. The van der Waals surface area contributed by atoms with Crippen molar-refractivity contribution < 1.29 is 9.84 Å². The quantitative estimate of drug-likeness (QED) is 0.624. The second kappa shape index (κ2) is 4.81. The second-order valence-electron chi connectivity index (χ2n) is 5.01. The molecule has 1 aliphatic rings. The Kier molecular flexibility index (Phi) is 3.40. The van der Waals surface area contributed by atoms with Crippen LogP contribution in [0.1, 0.15) is 37.8 Å². The molecule has 0 fully saturated rings. The fourth-order valence-electron chi connectivity index (χ4n) is 1.93. The molecule has 1 N–H and O–H groups in total. The van der Waals surface area contributed by atoms with Crippen molar-refractivity contribution in [2.45, 2.75) is 32.1 Å². The van der Waals surface area contributed by atoms with E-state index in [0.717, 1.165) is 30.8 Å². The Morgan fingerprint density at radius 2 is 2.24 bits per heavy atom. The van der Waals surface area contributed by atoms with Crippen LogP contribution in [0.15, 0.2) is 18.2 Å². The van der Waals surface area contributed by atoms with Gasteiger partial charge in [-0.1, -0.05) is 25.7 Å². The number of ether oxygens (including phenoxy) is 1. The summed E-state index contributed by atoms with van der Waals surface area (Å²) in [6.07, 6.45) is 1.49. The van der Waals surface area contributed by atoms with Crippen LogP contribution in [0, 0.1) is 11.8 Å². The van der Waals surface area contributed by atoms with Crippen molar-refractivity contribution in [2.75, 3.05) is 13.2 Å². The van der Waals surface area contributed by atoms with E-state index >= 15 is 0 Å². The third kappa shape index (κ3) is 2.62. The van der Waals surface area contributed by atoms with Crippen LogP contribution >= 0.6 is 0 Å². The first-order valence-electron chi connectivity index (χ1n) is 6.00. The van der Waals surface area contributed by atoms with Crippen LogP contribution in [0.5, 0.6) is 5.75 Å². The van der Waals surface area contributed by atoms with Gasteiger partial charge in [0.2, 0.25) is 0 Å². The van der Waals surface area contributed by atoms with Gasteiger partial charge in [-0.25, -0.2) is 0 Å². The molecule has 0 spiro atoms. The maximum Gasteiger partial charge on any atom is 0.123 e. The molecule has 0 aromatic heterocycles. The van der Waals surface area contributed by atoms with Crippen molar-refractivity contribution in [3.8, 4) is 17.6 Å². The van der Waals surface area contributed by atoms with E-state index in [4.69, 9.17) is 9.84 Å². The van der Waals surface area contributed by atoms with Crippen LogP contribution in [0.25, 0.3) is 0 Å². The summed E-state index contributed by atoms with van der Waals surface area (Å²) in [5, 5.41) is 8.67. The molecule has 0 saturated carbocycles. The van der Waals surface area contributed by atoms with E-state index in [9.17, 15) is 0 Å². The predicted molar refractivity (Wildman–Crippen MR) is 68.2 cm³/mol. The minimum absolute atomic E-state index is 0.0815. The summed E-state index contributed by atoms with van der Waals surface area (Å²) >= 11 is 0. The van der Waals surface area contributed by atoms with Gasteiger partial charge in [-0.3, -0.25) is 0 Å². The highest BCUT2D eigenvalue weighted by molar-refractivity contribution is 5.49. The summed E-state index contributed by atoms with van der Waals surface area (Å²) in [6, 6.07) is 6.11. The zero-order chi connectivity index (χ0) is 12.3. The number of unbranched alkanes of at least 4 members (excludes halogenated alkanes) is 1. The summed E-state index contributed by atoms with van der Waals surface area (Å²) in [6.45, 7) is 5.31. The van der Waals surface area contributed by atoms with Gasteiger partial charge in [0, 0.05) is 29.6 Å². The van der Waals surface area contributed by atoms with Crippen LogP contribution in [-0.4, -0.2) is 18.3 Å². The minimum atomic E-state index is 0.0815. The Labute approximate surface area is 103 Å². The van der Waals surface area contributed by atoms with Crippen molar-refractivity contribution in [1.29, 1.82) is 0 Å². The lowest BCUT2D eigenvalue weighted by Gasteiger charge is -2.14. The molecule has 1 aromatic carbocycles. The van der Waals surface area contributed by atoms with Crippen molar-refractivity contribution in [1.82, 2.24) is 0 Å². The Balaban J connectivity index is 2.18. The molecular formula is C15H18O2. The number of benzene rings is 1. The summed E-state index contributed by atoms with van der Waals surface area (Å²) < 4.78 is 5.63. The normalized spacial score (nSPS) is 15.7. The third-order valence-corrected chi connectivity index (χ3v) is 2.99. The third-order valence-electron chi connectivity index (χ3n) is 2.99. The Bertz CT molecular complexity index is 464. The maximum absolute atomic E-state index is 8.67. The molecule has 0 saturated heterocycles. The zero-order valence-corrected chi connectivity index (χ0v) is 10.4. The highest BCUT2D eigenvalue weighted by Crippen LogP contribution is 2.38. The van der Waals surface area contributed by atoms with Gasteiger partial charge in [-0.15, -0.1) is 0 Å². The standard InChI is InChI=1S/C15H18O2/c1-15(2)11-17-14-8-7-12(10-13(14)15)6-4-3-5-9-16/h7-8,10,16H,3,5,9,11H2,1-2H3. The molecule has 2 nitrogen and oxygen atoms in total. The molecule has 1 aromatic rings. The molecule has 2 heteroatoms. The van der Waals surface area contributed by atoms with Crippen molar-refractivity contribution in [2.24, 2.45) is 0 Å². The van der Waals surface area contributed by atoms with Crippen molar-refractivity contribution >= 4 is 0 Å². The Hall–Kier alpha value is -1.46. The topological polar surface area (TPSA) is 29.5 Å². The molecule has 0 atom stereocenters. The number of rotatable bonds is 2. The van der Waals surface area contributed by atoms with Crippen molar-refractivity contribution in [3.63, 3.8) is 0 Å². The summed E-state index contributed by atoms with van der Waals surface area (Å²) in [4.78, 5) is 0. The molecule has 17 heavy (non-hydrogen) atoms. The van der Waals surface area contributed by atoms with E-state index in [1.165, 1.54) is 5.56 Å². The molecule has 90 valence electrons. The predicted octanol–water partition coefficient (Wildman–Crippen LogP) is 2.48. The molecule has 0 unspecified atom stereocenters. The highest BCUT2D eigenvalue weighted by Gasteiger charge is 2.31. The lowest BCUT2D eigenvalue weighted by Crippen LogP contribution is -2.18. The summed E-state index contributed by atoms with van der Waals surface area (Å²) in [7, 11) is 0. The van der Waals surface area contributed by atoms with Crippen LogP contribution in [0.2, 0.25) is 0 Å². The first kappa shape index (κ1) is 12.0. The van der Waals surface area contributed by atoms with E-state index in [-0.39, 0.29) is 12.0 Å². The molecule has 1 heterocycles. The van der Waals surface area contributed by atoms with Gasteiger partial charge in [0.25, 0.3) is 0 Å². The van der Waals surface area contributed by atoms with Crippen molar-refractivity contribution in [3.05, 3.63) is 29.3 Å². The monoisotopic (exact) mass is 230 g/mol.